The van der Waals surface area contributed by atoms with Crippen molar-refractivity contribution in [1.29, 1.82) is 0 Å². The molecule has 4 aromatic carbocycles. The molecular weight excluding hydrogens is 659 g/mol. The van der Waals surface area contributed by atoms with E-state index in [1.54, 1.807) is 68.6 Å². The number of rotatable bonds is 10. The molecule has 2 aromatic heterocycles. The van der Waals surface area contributed by atoms with E-state index in [0.29, 0.717) is 50.4 Å². The maximum Gasteiger partial charge on any atom is 0.282 e. The zero-order valence-corrected chi connectivity index (χ0v) is 26.2. The molecule has 0 fully saturated rings. The first kappa shape index (κ1) is 30.5. The molecule has 46 heavy (non-hydrogen) atoms. The van der Waals surface area contributed by atoms with Crippen molar-refractivity contribution in [2.45, 2.75) is 6.92 Å². The highest BCUT2D eigenvalue weighted by atomic mass is 79.9. The van der Waals surface area contributed by atoms with Crippen LogP contribution < -0.4 is 25.1 Å². The molecule has 0 aliphatic rings. The minimum absolute atomic E-state index is 0.0475. The van der Waals surface area contributed by atoms with Crippen LogP contribution in [0, 0.1) is 5.82 Å². The van der Waals surface area contributed by atoms with Gasteiger partial charge in [-0.1, -0.05) is 30.3 Å². The normalized spacial score (nSPS) is 11.3. The average molecular weight is 686 g/mol. The van der Waals surface area contributed by atoms with Crippen molar-refractivity contribution in [3.05, 3.63) is 111 Å². The molecule has 0 unspecified atom stereocenters. The molecule has 6 rings (SSSR count). The number of carbonyl (C=O) groups is 1. The van der Waals surface area contributed by atoms with E-state index in [2.05, 4.69) is 26.3 Å². The molecule has 0 radical (unpaired) electrons. The van der Waals surface area contributed by atoms with Crippen LogP contribution in [0.5, 0.6) is 17.2 Å². The van der Waals surface area contributed by atoms with Gasteiger partial charge in [0.1, 0.15) is 17.1 Å². The molecule has 0 atom stereocenters. The number of fused-ring (bicyclic) bond motifs is 2. The molecule has 6 aromatic rings. The Kier molecular flexibility index (Phi) is 8.79. The molecule has 0 aliphatic heterocycles. The fourth-order valence-corrected chi connectivity index (χ4v) is 5.36. The largest absolute Gasteiger partial charge is 0.496 e. The summed E-state index contributed by atoms with van der Waals surface area (Å²) < 4.78 is 38.7. The Balaban J connectivity index is 1.34. The summed E-state index contributed by atoms with van der Waals surface area (Å²) in [4.78, 5) is 30.9. The van der Waals surface area contributed by atoms with E-state index in [0.717, 1.165) is 5.39 Å². The van der Waals surface area contributed by atoms with Gasteiger partial charge >= 0.3 is 0 Å². The highest BCUT2D eigenvalue weighted by molar-refractivity contribution is 9.10. The van der Waals surface area contributed by atoms with Gasteiger partial charge in [0.05, 0.1) is 46.4 Å². The number of anilines is 1. The van der Waals surface area contributed by atoms with E-state index in [4.69, 9.17) is 23.6 Å². The molecule has 0 saturated heterocycles. The summed E-state index contributed by atoms with van der Waals surface area (Å²) in [6, 6.07) is 23.4. The van der Waals surface area contributed by atoms with Crippen molar-refractivity contribution in [2.24, 2.45) is 5.10 Å². The van der Waals surface area contributed by atoms with Crippen molar-refractivity contribution < 1.29 is 27.8 Å². The van der Waals surface area contributed by atoms with Crippen molar-refractivity contribution in [3.63, 3.8) is 0 Å². The van der Waals surface area contributed by atoms with Crippen LogP contribution in [-0.2, 0) is 4.79 Å². The quantitative estimate of drug-likeness (QED) is 0.154. The van der Waals surface area contributed by atoms with Gasteiger partial charge in [0.25, 0.3) is 11.5 Å². The number of hydrogen-bond donors (Lipinski definition) is 1. The van der Waals surface area contributed by atoms with Crippen LogP contribution in [0.1, 0.15) is 12.5 Å². The smallest absolute Gasteiger partial charge is 0.282 e. The first-order valence-electron chi connectivity index (χ1n) is 14.1. The molecule has 0 saturated carbocycles. The molecular formula is C34H26BrFN4O6. The third-order valence-corrected chi connectivity index (χ3v) is 7.45. The average Bonchev–Trinajstić information content (AvgIpc) is 3.50. The Hall–Kier alpha value is -5.49. The van der Waals surface area contributed by atoms with Gasteiger partial charge in [-0.05, 0) is 83.0 Å². The number of para-hydroxylation sites is 2. The van der Waals surface area contributed by atoms with Crippen molar-refractivity contribution in [2.75, 3.05) is 25.6 Å². The van der Waals surface area contributed by atoms with Crippen LogP contribution in [0.2, 0.25) is 0 Å². The maximum absolute atomic E-state index is 14.0. The molecule has 0 spiro atoms. The third-order valence-electron chi connectivity index (χ3n) is 6.87. The molecule has 232 valence electrons. The summed E-state index contributed by atoms with van der Waals surface area (Å²) in [5.41, 5.74) is 1.26. The molecule has 1 N–H and O–H groups in total. The number of halogens is 2. The van der Waals surface area contributed by atoms with Crippen LogP contribution in [0.15, 0.2) is 104 Å². The van der Waals surface area contributed by atoms with Crippen LogP contribution >= 0.6 is 15.9 Å². The Labute approximate surface area is 270 Å². The predicted octanol–water partition coefficient (Wildman–Crippen LogP) is 7.02. The summed E-state index contributed by atoms with van der Waals surface area (Å²) in [6.07, 6.45) is 1.48. The van der Waals surface area contributed by atoms with Crippen LogP contribution in [-0.4, -0.2) is 42.1 Å². The fourth-order valence-electron chi connectivity index (χ4n) is 4.79. The standard InChI is InChI=1S/C34H26BrFN4O6/c1-3-44-29-16-20(15-23(35)32(29)45-19-31(41)38-26-12-7-5-10-24(26)36)18-37-40-33(39-25-11-6-4-9-21(25)34(40)42)30-17-22-27(43-2)13-8-14-28(22)46-30/h4-18H,3,19H2,1-2H3,(H,38,41). The van der Waals surface area contributed by atoms with Gasteiger partial charge in [0, 0.05) is 0 Å². The monoisotopic (exact) mass is 684 g/mol. The number of furan rings is 1. The first-order chi connectivity index (χ1) is 22.4. The Bertz CT molecular complexity index is 2180. The molecule has 10 nitrogen and oxygen atoms in total. The number of aromatic nitrogens is 2. The van der Waals surface area contributed by atoms with Gasteiger partial charge in [-0.2, -0.15) is 9.78 Å². The van der Waals surface area contributed by atoms with E-state index in [1.807, 2.05) is 12.1 Å². The second-order valence-electron chi connectivity index (χ2n) is 9.88. The second-order valence-corrected chi connectivity index (χ2v) is 10.7. The van der Waals surface area contributed by atoms with E-state index in [-0.39, 0.29) is 17.3 Å². The molecule has 0 bridgehead atoms. The highest BCUT2D eigenvalue weighted by Crippen LogP contribution is 2.37. The van der Waals surface area contributed by atoms with Gasteiger partial charge in [-0.3, -0.25) is 9.59 Å². The predicted molar refractivity (Wildman–Crippen MR) is 177 cm³/mol. The number of hydrogen-bond acceptors (Lipinski definition) is 8. The van der Waals surface area contributed by atoms with Crippen LogP contribution in [0.4, 0.5) is 10.1 Å². The first-order valence-corrected chi connectivity index (χ1v) is 14.9. The summed E-state index contributed by atoms with van der Waals surface area (Å²) in [6.45, 7) is 1.71. The topological polar surface area (TPSA) is 117 Å². The number of nitrogens with one attached hydrogen (secondary N) is 1. The lowest BCUT2D eigenvalue weighted by molar-refractivity contribution is -0.118. The Morgan fingerprint density at radius 3 is 2.63 bits per heavy atom. The number of carbonyl (C=O) groups excluding carboxylic acids is 1. The van der Waals surface area contributed by atoms with Crippen LogP contribution in [0.25, 0.3) is 33.5 Å². The summed E-state index contributed by atoms with van der Waals surface area (Å²) in [5, 5.41) is 8.11. The third kappa shape index (κ3) is 6.20. The number of benzene rings is 4. The lowest BCUT2D eigenvalue weighted by Crippen LogP contribution is -2.21. The van der Waals surface area contributed by atoms with Gasteiger partial charge in [0.2, 0.25) is 5.82 Å². The van der Waals surface area contributed by atoms with E-state index >= 15 is 0 Å². The Morgan fingerprint density at radius 2 is 1.83 bits per heavy atom. The fraction of sp³-hybridized carbons (Fsp3) is 0.118. The van der Waals surface area contributed by atoms with Gasteiger partial charge in [0.15, 0.2) is 23.9 Å². The van der Waals surface area contributed by atoms with Crippen molar-refractivity contribution in [1.82, 2.24) is 9.66 Å². The minimum Gasteiger partial charge on any atom is -0.496 e. The summed E-state index contributed by atoms with van der Waals surface area (Å²) in [7, 11) is 1.57. The zero-order chi connectivity index (χ0) is 32.2. The SMILES string of the molecule is CCOc1cc(C=Nn2c(-c3cc4c(OC)cccc4o3)nc3ccccc3c2=O)cc(Br)c1OCC(=O)Nc1ccccc1F. The molecule has 1 amide bonds. The number of ether oxygens (including phenoxy) is 3. The number of amides is 1. The Morgan fingerprint density at radius 1 is 1.02 bits per heavy atom. The lowest BCUT2D eigenvalue weighted by Gasteiger charge is -2.15. The van der Waals surface area contributed by atoms with E-state index in [1.165, 1.54) is 29.1 Å². The molecule has 12 heteroatoms. The summed E-state index contributed by atoms with van der Waals surface area (Å²) >= 11 is 3.49. The van der Waals surface area contributed by atoms with E-state index < -0.39 is 23.9 Å². The minimum atomic E-state index is -0.556. The van der Waals surface area contributed by atoms with Crippen LogP contribution in [0.3, 0.4) is 0 Å². The van der Waals surface area contributed by atoms with E-state index in [9.17, 15) is 14.0 Å². The highest BCUT2D eigenvalue weighted by Gasteiger charge is 2.19. The zero-order valence-electron chi connectivity index (χ0n) is 24.6. The number of methoxy groups -OCH3 is 1. The van der Waals surface area contributed by atoms with Crippen molar-refractivity contribution in [3.8, 4) is 28.8 Å². The van der Waals surface area contributed by atoms with Gasteiger partial charge < -0.3 is 23.9 Å². The second kappa shape index (κ2) is 13.2. The van der Waals surface area contributed by atoms with Gasteiger partial charge in [-0.25, -0.2) is 9.37 Å². The van der Waals surface area contributed by atoms with Crippen molar-refractivity contribution >= 4 is 55.6 Å². The molecule has 2 heterocycles. The maximum atomic E-state index is 14.0. The summed E-state index contributed by atoms with van der Waals surface area (Å²) in [5.74, 6) is 0.626. The lowest BCUT2D eigenvalue weighted by atomic mass is 10.2. The number of nitrogens with zero attached hydrogens (tertiary/aromatic N) is 3. The molecule has 0 aliphatic carbocycles. The van der Waals surface area contributed by atoms with Gasteiger partial charge in [-0.15, -0.1) is 0 Å².